The maximum Gasteiger partial charge on any atom is 0.308 e. The predicted octanol–water partition coefficient (Wildman–Crippen LogP) is 2.96. The van der Waals surface area contributed by atoms with Gasteiger partial charge in [0.05, 0.1) is 11.5 Å². The first-order valence-electron chi connectivity index (χ1n) is 6.48. The molecule has 6 heteroatoms. The summed E-state index contributed by atoms with van der Waals surface area (Å²) in [5, 5.41) is 11.8. The lowest BCUT2D eigenvalue weighted by molar-refractivity contribution is -0.143. The molecule has 1 aromatic carbocycles. The van der Waals surface area contributed by atoms with E-state index in [1.807, 2.05) is 0 Å². The van der Waals surface area contributed by atoms with Gasteiger partial charge in [0.25, 0.3) is 5.91 Å². The first-order chi connectivity index (χ1) is 9.49. The largest absolute Gasteiger partial charge is 0.481 e. The van der Waals surface area contributed by atoms with Crippen molar-refractivity contribution in [2.45, 2.75) is 31.7 Å². The average Bonchev–Trinajstić information content (AvgIpc) is 2.38. The zero-order valence-corrected chi connectivity index (χ0v) is 12.3. The van der Waals surface area contributed by atoms with E-state index in [9.17, 15) is 14.0 Å². The van der Waals surface area contributed by atoms with Crippen molar-refractivity contribution < 1.29 is 19.1 Å². The van der Waals surface area contributed by atoms with Crippen molar-refractivity contribution in [1.82, 2.24) is 5.32 Å². The van der Waals surface area contributed by atoms with Crippen molar-refractivity contribution in [3.8, 4) is 0 Å². The van der Waals surface area contributed by atoms with Crippen LogP contribution >= 0.6 is 15.9 Å². The molecule has 1 fully saturated rings. The van der Waals surface area contributed by atoms with Crippen molar-refractivity contribution in [1.29, 1.82) is 0 Å². The van der Waals surface area contributed by atoms with Crippen LogP contribution in [-0.4, -0.2) is 23.0 Å². The lowest BCUT2D eigenvalue weighted by atomic mass is 9.84. The summed E-state index contributed by atoms with van der Waals surface area (Å²) in [6.07, 6.45) is 2.87. The Morgan fingerprint density at radius 1 is 1.30 bits per heavy atom. The second-order valence-electron chi connectivity index (χ2n) is 4.93. The molecule has 1 aliphatic rings. The number of amides is 1. The van der Waals surface area contributed by atoms with E-state index in [4.69, 9.17) is 5.11 Å². The Kier molecular flexibility index (Phi) is 4.75. The zero-order chi connectivity index (χ0) is 14.7. The number of carbonyl (C=O) groups is 2. The van der Waals surface area contributed by atoms with Gasteiger partial charge in [-0.25, -0.2) is 4.39 Å². The molecule has 1 aromatic rings. The van der Waals surface area contributed by atoms with E-state index < -0.39 is 29.7 Å². The van der Waals surface area contributed by atoms with E-state index in [2.05, 4.69) is 21.2 Å². The maximum absolute atomic E-state index is 13.7. The third-order valence-corrected chi connectivity index (χ3v) is 4.07. The van der Waals surface area contributed by atoms with Crippen molar-refractivity contribution >= 4 is 27.8 Å². The van der Waals surface area contributed by atoms with Crippen LogP contribution < -0.4 is 5.32 Å². The molecule has 0 aliphatic heterocycles. The second kappa shape index (κ2) is 6.35. The molecule has 2 rings (SSSR count). The summed E-state index contributed by atoms with van der Waals surface area (Å²) in [7, 11) is 0. The molecule has 1 aliphatic carbocycles. The minimum Gasteiger partial charge on any atom is -0.481 e. The molecule has 0 radical (unpaired) electrons. The van der Waals surface area contributed by atoms with Crippen molar-refractivity contribution in [3.63, 3.8) is 0 Å². The topological polar surface area (TPSA) is 66.4 Å². The van der Waals surface area contributed by atoms with Crippen molar-refractivity contribution in [3.05, 3.63) is 34.1 Å². The van der Waals surface area contributed by atoms with E-state index in [-0.39, 0.29) is 5.56 Å². The highest BCUT2D eigenvalue weighted by molar-refractivity contribution is 9.10. The number of carboxylic acids is 1. The molecule has 108 valence electrons. The van der Waals surface area contributed by atoms with Gasteiger partial charge in [-0.3, -0.25) is 9.59 Å². The predicted molar refractivity (Wildman–Crippen MR) is 74.9 cm³/mol. The van der Waals surface area contributed by atoms with Gasteiger partial charge >= 0.3 is 5.97 Å². The van der Waals surface area contributed by atoms with Gasteiger partial charge in [0, 0.05) is 10.5 Å². The summed E-state index contributed by atoms with van der Waals surface area (Å²) in [5.74, 6) is -2.69. The molecule has 2 unspecified atom stereocenters. The highest BCUT2D eigenvalue weighted by Gasteiger charge is 2.32. The smallest absolute Gasteiger partial charge is 0.308 e. The lowest BCUT2D eigenvalue weighted by Crippen LogP contribution is -2.45. The van der Waals surface area contributed by atoms with Crippen molar-refractivity contribution in [2.75, 3.05) is 0 Å². The Bertz CT molecular complexity index is 535. The second-order valence-corrected chi connectivity index (χ2v) is 5.85. The molecule has 0 spiro atoms. The summed E-state index contributed by atoms with van der Waals surface area (Å²) >= 11 is 3.12. The summed E-state index contributed by atoms with van der Waals surface area (Å²) in [6.45, 7) is 0. The third kappa shape index (κ3) is 3.36. The quantitative estimate of drug-likeness (QED) is 0.886. The van der Waals surface area contributed by atoms with Gasteiger partial charge in [0.1, 0.15) is 5.82 Å². The fourth-order valence-electron chi connectivity index (χ4n) is 2.52. The Hall–Kier alpha value is -1.43. The maximum atomic E-state index is 13.7. The van der Waals surface area contributed by atoms with Crippen LogP contribution in [0.4, 0.5) is 4.39 Å². The van der Waals surface area contributed by atoms with Crippen LogP contribution in [0.25, 0.3) is 0 Å². The van der Waals surface area contributed by atoms with E-state index >= 15 is 0 Å². The summed E-state index contributed by atoms with van der Waals surface area (Å²) < 4.78 is 14.3. The lowest BCUT2D eigenvalue weighted by Gasteiger charge is -2.29. The van der Waals surface area contributed by atoms with E-state index in [0.29, 0.717) is 17.3 Å². The third-order valence-electron chi connectivity index (χ3n) is 3.58. The monoisotopic (exact) mass is 343 g/mol. The number of benzene rings is 1. The minimum atomic E-state index is -0.911. The minimum absolute atomic E-state index is 0.0667. The fourth-order valence-corrected chi connectivity index (χ4v) is 2.85. The highest BCUT2D eigenvalue weighted by Crippen LogP contribution is 2.25. The molecule has 2 atom stereocenters. The molecule has 20 heavy (non-hydrogen) atoms. The Labute approximate surface area is 124 Å². The highest BCUT2D eigenvalue weighted by atomic mass is 79.9. The molecular formula is C14H15BrFNO3. The SMILES string of the molecule is O=C(NC1CCCCC1C(=O)O)c1ccc(Br)cc1F. The van der Waals surface area contributed by atoms with Crippen LogP contribution in [0.5, 0.6) is 0 Å². The molecule has 0 heterocycles. The van der Waals surface area contributed by atoms with E-state index in [1.165, 1.54) is 12.1 Å². The number of hydrogen-bond acceptors (Lipinski definition) is 2. The van der Waals surface area contributed by atoms with Gasteiger partial charge < -0.3 is 10.4 Å². The van der Waals surface area contributed by atoms with E-state index in [1.54, 1.807) is 6.07 Å². The van der Waals surface area contributed by atoms with Crippen LogP contribution in [0.2, 0.25) is 0 Å². The van der Waals surface area contributed by atoms with Crippen molar-refractivity contribution in [2.24, 2.45) is 5.92 Å². The Morgan fingerprint density at radius 3 is 2.65 bits per heavy atom. The van der Waals surface area contributed by atoms with Crippen LogP contribution in [0.1, 0.15) is 36.0 Å². The van der Waals surface area contributed by atoms with Gasteiger partial charge in [0.15, 0.2) is 0 Å². The molecule has 0 aromatic heterocycles. The standard InChI is InChI=1S/C14H15BrFNO3/c15-8-5-6-9(11(16)7-8)13(18)17-12-4-2-1-3-10(12)14(19)20/h5-7,10,12H,1-4H2,(H,17,18)(H,19,20). The number of aliphatic carboxylic acids is 1. The molecule has 4 nitrogen and oxygen atoms in total. The van der Waals surface area contributed by atoms with Crippen LogP contribution in [0.15, 0.2) is 22.7 Å². The number of halogens is 2. The first kappa shape index (κ1) is 15.0. The van der Waals surface area contributed by atoms with Gasteiger partial charge in [-0.1, -0.05) is 28.8 Å². The van der Waals surface area contributed by atoms with Crippen LogP contribution in [0, 0.1) is 11.7 Å². The zero-order valence-electron chi connectivity index (χ0n) is 10.7. The summed E-state index contributed by atoms with van der Waals surface area (Å²) in [5.41, 5.74) is -0.0667. The molecule has 1 amide bonds. The van der Waals surface area contributed by atoms with Gasteiger partial charge in [-0.05, 0) is 31.0 Å². The first-order valence-corrected chi connectivity index (χ1v) is 7.27. The van der Waals surface area contributed by atoms with Gasteiger partial charge in [0.2, 0.25) is 0 Å². The van der Waals surface area contributed by atoms with Crippen LogP contribution in [0.3, 0.4) is 0 Å². The summed E-state index contributed by atoms with van der Waals surface area (Å²) in [4.78, 5) is 23.2. The number of rotatable bonds is 3. The normalized spacial score (nSPS) is 22.3. The number of hydrogen-bond donors (Lipinski definition) is 2. The van der Waals surface area contributed by atoms with Gasteiger partial charge in [-0.2, -0.15) is 0 Å². The number of carboxylic acid groups (broad SMARTS) is 1. The molecule has 1 saturated carbocycles. The van der Waals surface area contributed by atoms with Crippen LogP contribution in [-0.2, 0) is 4.79 Å². The Morgan fingerprint density at radius 2 is 2.00 bits per heavy atom. The number of nitrogens with one attached hydrogen (secondary N) is 1. The molecular weight excluding hydrogens is 329 g/mol. The summed E-state index contributed by atoms with van der Waals surface area (Å²) in [6, 6.07) is 3.74. The molecule has 0 bridgehead atoms. The van der Waals surface area contributed by atoms with Gasteiger partial charge in [-0.15, -0.1) is 0 Å². The molecule has 0 saturated heterocycles. The number of carbonyl (C=O) groups excluding carboxylic acids is 1. The average molecular weight is 344 g/mol. The fraction of sp³-hybridized carbons (Fsp3) is 0.429. The molecule has 2 N–H and O–H groups in total. The van der Waals surface area contributed by atoms with E-state index in [0.717, 1.165) is 12.8 Å². The Balaban J connectivity index is 2.11.